The number of fused-ring (bicyclic) bond motifs is 6. The van der Waals surface area contributed by atoms with Crippen LogP contribution in [0.4, 0.5) is 0 Å². The zero-order valence-corrected chi connectivity index (χ0v) is 25.5. The standard InChI is InChI=1S/C37H56O/c1-24(2)8-7-9-26(4)33-14-15-34-32-13-12-29-23-30(16-18-36(29,5)35(32)17-19-37(33,34)6)38-31-21-27-11-10-25(3)20-28(27)22-31/h10-13,20,24,26,29-35H,7-9,14-19,21-23H2,1-6H3/t26-,29?,30+,31?,32+,33-,34+,35+,36+,37-/m0/s1. The summed E-state index contributed by atoms with van der Waals surface area (Å²) < 4.78 is 6.84. The van der Waals surface area contributed by atoms with Crippen LogP contribution < -0.4 is 0 Å². The normalized spacial score (nSPS) is 42.4. The molecule has 1 nitrogen and oxygen atoms in total. The highest BCUT2D eigenvalue weighted by molar-refractivity contribution is 5.36. The van der Waals surface area contributed by atoms with Gasteiger partial charge in [-0.3, -0.25) is 0 Å². The molecule has 0 radical (unpaired) electrons. The Balaban J connectivity index is 1.10. The van der Waals surface area contributed by atoms with E-state index in [0.29, 0.717) is 29.0 Å². The highest BCUT2D eigenvalue weighted by Crippen LogP contribution is 2.67. The Morgan fingerprint density at radius 3 is 2.42 bits per heavy atom. The van der Waals surface area contributed by atoms with Crippen molar-refractivity contribution < 1.29 is 4.74 Å². The second kappa shape index (κ2) is 10.4. The van der Waals surface area contributed by atoms with Crippen molar-refractivity contribution >= 4 is 0 Å². The van der Waals surface area contributed by atoms with Crippen LogP contribution in [0.2, 0.25) is 0 Å². The predicted octanol–water partition coefficient (Wildman–Crippen LogP) is 9.74. The summed E-state index contributed by atoms with van der Waals surface area (Å²) in [5.41, 5.74) is 5.50. The molecule has 5 aliphatic carbocycles. The zero-order chi connectivity index (χ0) is 26.7. The van der Waals surface area contributed by atoms with Gasteiger partial charge in [0.2, 0.25) is 0 Å². The van der Waals surface area contributed by atoms with E-state index in [2.05, 4.69) is 71.9 Å². The number of hydrogen-bond acceptors (Lipinski definition) is 1. The number of rotatable bonds is 7. The lowest BCUT2D eigenvalue weighted by molar-refractivity contribution is -0.105. The molecule has 0 aliphatic heterocycles. The zero-order valence-electron chi connectivity index (χ0n) is 25.5. The molecule has 1 aromatic carbocycles. The molecule has 0 amide bonds. The maximum Gasteiger partial charge on any atom is 0.0659 e. The molecule has 0 heterocycles. The average Bonchev–Trinajstić information content (AvgIpc) is 3.43. The summed E-state index contributed by atoms with van der Waals surface area (Å²) in [6.45, 7) is 15.0. The van der Waals surface area contributed by atoms with Crippen molar-refractivity contribution in [1.82, 2.24) is 0 Å². The summed E-state index contributed by atoms with van der Waals surface area (Å²) in [4.78, 5) is 0. The predicted molar refractivity (Wildman–Crippen MR) is 160 cm³/mol. The average molecular weight is 517 g/mol. The van der Waals surface area contributed by atoms with Gasteiger partial charge in [-0.05, 0) is 128 Å². The Kier molecular flexibility index (Phi) is 7.41. The lowest BCUT2D eigenvalue weighted by Gasteiger charge is -2.59. The van der Waals surface area contributed by atoms with Crippen molar-refractivity contribution in [3.63, 3.8) is 0 Å². The summed E-state index contributed by atoms with van der Waals surface area (Å²) in [7, 11) is 0. The number of benzene rings is 1. The van der Waals surface area contributed by atoms with Crippen LogP contribution in [0, 0.1) is 59.2 Å². The first-order valence-corrected chi connectivity index (χ1v) is 16.6. The van der Waals surface area contributed by atoms with E-state index in [-0.39, 0.29) is 0 Å². The van der Waals surface area contributed by atoms with Gasteiger partial charge in [0.1, 0.15) is 0 Å². The van der Waals surface area contributed by atoms with E-state index in [9.17, 15) is 0 Å². The van der Waals surface area contributed by atoms with Crippen molar-refractivity contribution in [2.75, 3.05) is 0 Å². The maximum atomic E-state index is 6.84. The van der Waals surface area contributed by atoms with Crippen LogP contribution in [-0.4, -0.2) is 12.2 Å². The fraction of sp³-hybridized carbons (Fsp3) is 0.784. The monoisotopic (exact) mass is 516 g/mol. The van der Waals surface area contributed by atoms with Gasteiger partial charge in [-0.2, -0.15) is 0 Å². The van der Waals surface area contributed by atoms with Gasteiger partial charge in [0.05, 0.1) is 12.2 Å². The van der Waals surface area contributed by atoms with E-state index in [1.807, 2.05) is 0 Å². The molecule has 0 spiro atoms. The van der Waals surface area contributed by atoms with Gasteiger partial charge in [-0.15, -0.1) is 0 Å². The number of aryl methyl sites for hydroxylation is 1. The molecule has 2 unspecified atom stereocenters. The molecule has 10 atom stereocenters. The SMILES string of the molecule is Cc1ccc2c(c1)CC(O[C@@H]1CC[C@]3(C)C(C=C[C@@H]4[C@H]5CC[C@@H]([C@@H](C)CCCC(C)C)[C@]5(C)CC[C@H]43)C1)C2. The smallest absolute Gasteiger partial charge is 0.0659 e. The van der Waals surface area contributed by atoms with Gasteiger partial charge >= 0.3 is 0 Å². The topological polar surface area (TPSA) is 9.23 Å². The first-order chi connectivity index (χ1) is 18.2. The van der Waals surface area contributed by atoms with E-state index in [0.717, 1.165) is 48.3 Å². The molecule has 1 aromatic rings. The lowest BCUT2D eigenvalue weighted by Crippen LogP contribution is -2.52. The molecule has 0 saturated heterocycles. The van der Waals surface area contributed by atoms with Crippen LogP contribution in [0.3, 0.4) is 0 Å². The van der Waals surface area contributed by atoms with Crippen LogP contribution >= 0.6 is 0 Å². The minimum absolute atomic E-state index is 0.398. The molecular weight excluding hydrogens is 460 g/mol. The Hall–Kier alpha value is -1.08. The number of ether oxygens (including phenoxy) is 1. The molecular formula is C37H56O. The maximum absolute atomic E-state index is 6.84. The van der Waals surface area contributed by atoms with Crippen molar-refractivity contribution in [3.8, 4) is 0 Å². The Morgan fingerprint density at radius 1 is 0.842 bits per heavy atom. The number of allylic oxidation sites excluding steroid dienone is 2. The molecule has 3 fully saturated rings. The quantitative estimate of drug-likeness (QED) is 0.328. The van der Waals surface area contributed by atoms with Crippen molar-refractivity contribution in [2.45, 2.75) is 131 Å². The third-order valence-electron chi connectivity index (χ3n) is 13.0. The fourth-order valence-electron chi connectivity index (χ4n) is 10.8. The van der Waals surface area contributed by atoms with E-state index < -0.39 is 0 Å². The summed E-state index contributed by atoms with van der Waals surface area (Å²) in [6, 6.07) is 7.00. The van der Waals surface area contributed by atoms with E-state index in [1.54, 1.807) is 0 Å². The van der Waals surface area contributed by atoms with Crippen LogP contribution in [0.25, 0.3) is 0 Å². The molecule has 1 heteroatoms. The molecule has 210 valence electrons. The van der Waals surface area contributed by atoms with E-state index in [1.165, 1.54) is 80.9 Å². The molecule has 5 aliphatic rings. The first-order valence-electron chi connectivity index (χ1n) is 16.6. The largest absolute Gasteiger partial charge is 0.374 e. The Bertz CT molecular complexity index is 1020. The van der Waals surface area contributed by atoms with Crippen LogP contribution in [-0.2, 0) is 17.6 Å². The highest BCUT2D eigenvalue weighted by atomic mass is 16.5. The lowest BCUT2D eigenvalue weighted by atomic mass is 9.46. The third-order valence-corrected chi connectivity index (χ3v) is 13.0. The summed E-state index contributed by atoms with van der Waals surface area (Å²) in [5.74, 6) is 6.05. The minimum atomic E-state index is 0.398. The summed E-state index contributed by atoms with van der Waals surface area (Å²) in [6.07, 6.45) is 22.6. The van der Waals surface area contributed by atoms with Crippen molar-refractivity contribution in [1.29, 1.82) is 0 Å². The van der Waals surface area contributed by atoms with Gasteiger partial charge in [-0.25, -0.2) is 0 Å². The second-order valence-corrected chi connectivity index (χ2v) is 15.7. The molecule has 3 saturated carbocycles. The van der Waals surface area contributed by atoms with E-state index >= 15 is 0 Å². The van der Waals surface area contributed by atoms with Gasteiger partial charge in [0, 0.05) is 0 Å². The molecule has 0 bridgehead atoms. The summed E-state index contributed by atoms with van der Waals surface area (Å²) >= 11 is 0. The minimum Gasteiger partial charge on any atom is -0.374 e. The first kappa shape index (κ1) is 27.1. The molecule has 0 aromatic heterocycles. The third kappa shape index (κ3) is 4.76. The second-order valence-electron chi connectivity index (χ2n) is 15.7. The van der Waals surface area contributed by atoms with Gasteiger partial charge in [-0.1, -0.05) is 89.8 Å². The van der Waals surface area contributed by atoms with Crippen LogP contribution in [0.5, 0.6) is 0 Å². The molecule has 6 rings (SSSR count). The Morgan fingerprint density at radius 2 is 1.61 bits per heavy atom. The van der Waals surface area contributed by atoms with Crippen LogP contribution in [0.15, 0.2) is 30.4 Å². The van der Waals surface area contributed by atoms with Crippen molar-refractivity contribution in [2.24, 2.45) is 52.3 Å². The van der Waals surface area contributed by atoms with Crippen molar-refractivity contribution in [3.05, 3.63) is 47.0 Å². The van der Waals surface area contributed by atoms with Gasteiger partial charge in [0.15, 0.2) is 0 Å². The number of hydrogen-bond donors (Lipinski definition) is 0. The van der Waals surface area contributed by atoms with Crippen LogP contribution in [0.1, 0.15) is 116 Å². The fourth-order valence-corrected chi connectivity index (χ4v) is 10.8. The van der Waals surface area contributed by atoms with Gasteiger partial charge in [0.25, 0.3) is 0 Å². The molecule has 38 heavy (non-hydrogen) atoms. The highest BCUT2D eigenvalue weighted by Gasteiger charge is 2.59. The summed E-state index contributed by atoms with van der Waals surface area (Å²) in [5, 5.41) is 0. The molecule has 0 N–H and O–H groups in total. The Labute approximate surface area is 234 Å². The van der Waals surface area contributed by atoms with E-state index in [4.69, 9.17) is 4.74 Å². The van der Waals surface area contributed by atoms with Gasteiger partial charge < -0.3 is 4.74 Å².